The molecule has 0 amide bonds. The number of furan rings is 1. The summed E-state index contributed by atoms with van der Waals surface area (Å²) in [7, 11) is 1.34. The zero-order valence-corrected chi connectivity index (χ0v) is 9.49. The van der Waals surface area contributed by atoms with E-state index in [4.69, 9.17) is 4.42 Å². The van der Waals surface area contributed by atoms with E-state index >= 15 is 0 Å². The Bertz CT molecular complexity index is 494. The Morgan fingerprint density at radius 2 is 2.31 bits per heavy atom. The average molecular weight is 234 g/mol. The second-order valence-corrected chi connectivity index (χ2v) is 3.98. The number of hydrogen-bond acceptors (Lipinski definition) is 4. The van der Waals surface area contributed by atoms with Crippen LogP contribution in [-0.4, -0.2) is 13.1 Å². The lowest BCUT2D eigenvalue weighted by Gasteiger charge is -1.90. The van der Waals surface area contributed by atoms with E-state index in [0.29, 0.717) is 5.76 Å². The molecular formula is C12H10O3S. The summed E-state index contributed by atoms with van der Waals surface area (Å²) in [6.07, 6.45) is 2.92. The molecule has 0 saturated heterocycles. The lowest BCUT2D eigenvalue weighted by atomic mass is 10.3. The topological polar surface area (TPSA) is 39.4 Å². The molecule has 0 aliphatic heterocycles. The van der Waals surface area contributed by atoms with Crippen LogP contribution in [0.2, 0.25) is 0 Å². The molecule has 2 aromatic rings. The maximum Gasteiger partial charge on any atom is 0.330 e. The molecule has 0 fully saturated rings. The summed E-state index contributed by atoms with van der Waals surface area (Å²) < 4.78 is 10.0. The molecule has 2 rings (SSSR count). The van der Waals surface area contributed by atoms with Crippen LogP contribution in [0.15, 0.2) is 40.1 Å². The maximum atomic E-state index is 10.9. The molecule has 0 aliphatic carbocycles. The van der Waals surface area contributed by atoms with Crippen LogP contribution in [-0.2, 0) is 9.53 Å². The third-order valence-corrected chi connectivity index (χ3v) is 2.86. The Morgan fingerprint density at radius 3 is 3.00 bits per heavy atom. The van der Waals surface area contributed by atoms with Crippen LogP contribution in [0.3, 0.4) is 0 Å². The van der Waals surface area contributed by atoms with Gasteiger partial charge in [-0.1, -0.05) is 6.07 Å². The highest BCUT2D eigenvalue weighted by atomic mass is 32.1. The number of hydrogen-bond donors (Lipinski definition) is 0. The second-order valence-electron chi connectivity index (χ2n) is 3.04. The van der Waals surface area contributed by atoms with Crippen molar-refractivity contribution in [2.45, 2.75) is 0 Å². The lowest BCUT2D eigenvalue weighted by molar-refractivity contribution is -0.134. The van der Waals surface area contributed by atoms with Gasteiger partial charge in [-0.3, -0.25) is 0 Å². The predicted molar refractivity (Wildman–Crippen MR) is 63.1 cm³/mol. The summed E-state index contributed by atoms with van der Waals surface area (Å²) in [4.78, 5) is 11.9. The molecule has 0 aliphatic rings. The number of carbonyl (C=O) groups is 1. The summed E-state index contributed by atoms with van der Waals surface area (Å²) in [6.45, 7) is 0. The first-order chi connectivity index (χ1) is 7.79. The van der Waals surface area contributed by atoms with Crippen LogP contribution in [0.5, 0.6) is 0 Å². The van der Waals surface area contributed by atoms with Gasteiger partial charge >= 0.3 is 5.97 Å². The number of rotatable bonds is 3. The molecule has 3 nitrogen and oxygen atoms in total. The van der Waals surface area contributed by atoms with Crippen molar-refractivity contribution >= 4 is 23.4 Å². The molecule has 0 unspecified atom stereocenters. The third-order valence-electron chi connectivity index (χ3n) is 1.98. The van der Waals surface area contributed by atoms with E-state index in [9.17, 15) is 4.79 Å². The van der Waals surface area contributed by atoms with Gasteiger partial charge in [0.2, 0.25) is 0 Å². The number of ether oxygens (including phenoxy) is 1. The number of methoxy groups -OCH3 is 1. The van der Waals surface area contributed by atoms with Gasteiger partial charge in [-0.05, 0) is 29.7 Å². The molecule has 0 saturated carbocycles. The van der Waals surface area contributed by atoms with Gasteiger partial charge in [0.15, 0.2) is 0 Å². The lowest BCUT2D eigenvalue weighted by Crippen LogP contribution is -1.92. The minimum absolute atomic E-state index is 0.394. The van der Waals surface area contributed by atoms with Crippen molar-refractivity contribution in [3.05, 3.63) is 41.5 Å². The van der Waals surface area contributed by atoms with Gasteiger partial charge in [0.1, 0.15) is 11.5 Å². The van der Waals surface area contributed by atoms with Gasteiger partial charge in [0.25, 0.3) is 0 Å². The van der Waals surface area contributed by atoms with Gasteiger partial charge in [-0.15, -0.1) is 11.3 Å². The zero-order chi connectivity index (χ0) is 11.4. The van der Waals surface area contributed by atoms with E-state index in [1.54, 1.807) is 17.4 Å². The van der Waals surface area contributed by atoms with Gasteiger partial charge in [-0.25, -0.2) is 4.79 Å². The molecule has 4 heteroatoms. The average Bonchev–Trinajstić information content (AvgIpc) is 2.95. The van der Waals surface area contributed by atoms with Crippen molar-refractivity contribution in [1.82, 2.24) is 0 Å². The molecule has 0 atom stereocenters. The highest BCUT2D eigenvalue weighted by Crippen LogP contribution is 2.26. The first-order valence-corrected chi connectivity index (χ1v) is 5.57. The monoisotopic (exact) mass is 234 g/mol. The van der Waals surface area contributed by atoms with Gasteiger partial charge in [0, 0.05) is 6.08 Å². The summed E-state index contributed by atoms with van der Waals surface area (Å²) in [5.41, 5.74) is 0. The highest BCUT2D eigenvalue weighted by Gasteiger charge is 2.03. The molecule has 0 radical (unpaired) electrons. The minimum atomic E-state index is -0.394. The van der Waals surface area contributed by atoms with Crippen molar-refractivity contribution in [2.75, 3.05) is 7.11 Å². The maximum absolute atomic E-state index is 10.9. The quantitative estimate of drug-likeness (QED) is 0.604. The predicted octanol–water partition coefficient (Wildman–Crippen LogP) is 3.19. The molecule has 2 aromatic heterocycles. The largest absolute Gasteiger partial charge is 0.466 e. The van der Waals surface area contributed by atoms with Crippen LogP contribution in [0.1, 0.15) is 5.76 Å². The Labute approximate surface area is 97.0 Å². The minimum Gasteiger partial charge on any atom is -0.466 e. The zero-order valence-electron chi connectivity index (χ0n) is 8.67. The molecule has 2 heterocycles. The SMILES string of the molecule is COC(=O)/C=C/c1ccc(-c2cccs2)o1. The van der Waals surface area contributed by atoms with Crippen molar-refractivity contribution in [3.63, 3.8) is 0 Å². The van der Waals surface area contributed by atoms with Crippen molar-refractivity contribution in [2.24, 2.45) is 0 Å². The van der Waals surface area contributed by atoms with E-state index in [2.05, 4.69) is 4.74 Å². The summed E-state index contributed by atoms with van der Waals surface area (Å²) in [6, 6.07) is 7.64. The Balaban J connectivity index is 2.14. The normalized spacial score (nSPS) is 10.8. The fourth-order valence-corrected chi connectivity index (χ4v) is 1.90. The van der Waals surface area contributed by atoms with Gasteiger partial charge < -0.3 is 9.15 Å². The smallest absolute Gasteiger partial charge is 0.330 e. The molecule has 0 aromatic carbocycles. The molecule has 0 spiro atoms. The highest BCUT2D eigenvalue weighted by molar-refractivity contribution is 7.13. The van der Waals surface area contributed by atoms with E-state index < -0.39 is 5.97 Å². The van der Waals surface area contributed by atoms with Crippen LogP contribution in [0, 0.1) is 0 Å². The standard InChI is InChI=1S/C12H10O3S/c1-14-12(13)7-5-9-4-6-10(15-9)11-3-2-8-16-11/h2-8H,1H3/b7-5+. The third kappa shape index (κ3) is 2.41. The van der Waals surface area contributed by atoms with Crippen molar-refractivity contribution < 1.29 is 13.9 Å². The molecule has 0 N–H and O–H groups in total. The molecule has 82 valence electrons. The van der Waals surface area contributed by atoms with E-state index in [-0.39, 0.29) is 0 Å². The second kappa shape index (κ2) is 4.81. The number of esters is 1. The van der Waals surface area contributed by atoms with E-state index in [1.165, 1.54) is 13.2 Å². The van der Waals surface area contributed by atoms with Crippen LogP contribution in [0.4, 0.5) is 0 Å². The Hall–Kier alpha value is -1.81. The Morgan fingerprint density at radius 1 is 1.44 bits per heavy atom. The number of carbonyl (C=O) groups excluding carboxylic acids is 1. The molecule has 16 heavy (non-hydrogen) atoms. The van der Waals surface area contributed by atoms with E-state index in [1.807, 2.05) is 29.6 Å². The van der Waals surface area contributed by atoms with Crippen LogP contribution >= 0.6 is 11.3 Å². The van der Waals surface area contributed by atoms with Crippen molar-refractivity contribution in [1.29, 1.82) is 0 Å². The summed E-state index contributed by atoms with van der Waals surface area (Å²) in [5.74, 6) is 1.04. The Kier molecular flexibility index (Phi) is 3.22. The van der Waals surface area contributed by atoms with Crippen LogP contribution < -0.4 is 0 Å². The summed E-state index contributed by atoms with van der Waals surface area (Å²) in [5, 5.41) is 1.99. The van der Waals surface area contributed by atoms with Crippen LogP contribution in [0.25, 0.3) is 16.7 Å². The van der Waals surface area contributed by atoms with Crippen molar-refractivity contribution in [3.8, 4) is 10.6 Å². The van der Waals surface area contributed by atoms with E-state index in [0.717, 1.165) is 10.6 Å². The fourth-order valence-electron chi connectivity index (χ4n) is 1.21. The fraction of sp³-hybridized carbons (Fsp3) is 0.0833. The number of thiophene rings is 1. The van der Waals surface area contributed by atoms with Gasteiger partial charge in [-0.2, -0.15) is 0 Å². The first kappa shape index (κ1) is 10.7. The molecule has 0 bridgehead atoms. The van der Waals surface area contributed by atoms with Gasteiger partial charge in [0.05, 0.1) is 12.0 Å². The first-order valence-electron chi connectivity index (χ1n) is 4.69. The summed E-state index contributed by atoms with van der Waals surface area (Å²) >= 11 is 1.61. The molecular weight excluding hydrogens is 224 g/mol.